The fourth-order valence-corrected chi connectivity index (χ4v) is 8.30. The van der Waals surface area contributed by atoms with Crippen molar-refractivity contribution in [2.45, 2.75) is 65.6 Å². The Bertz CT molecular complexity index is 974. The van der Waals surface area contributed by atoms with Crippen LogP contribution in [0.5, 0.6) is 0 Å². The number of carbonyl (C=O) groups is 3. The summed E-state index contributed by atoms with van der Waals surface area (Å²) < 4.78 is 11.4. The monoisotopic (exact) mass is 414 g/mol. The number of aliphatic hydroxyl groups is 1. The number of esters is 1. The van der Waals surface area contributed by atoms with Crippen molar-refractivity contribution in [3.05, 3.63) is 23.5 Å². The van der Waals surface area contributed by atoms with Crippen molar-refractivity contribution in [2.24, 2.45) is 33.5 Å². The summed E-state index contributed by atoms with van der Waals surface area (Å²) in [5.41, 5.74) is -3.40. The van der Waals surface area contributed by atoms with Gasteiger partial charge < -0.3 is 14.6 Å². The lowest BCUT2D eigenvalue weighted by Gasteiger charge is -2.62. The smallest absolute Gasteiger partial charge is 0.309 e. The van der Waals surface area contributed by atoms with Crippen molar-refractivity contribution in [1.29, 1.82) is 0 Å². The van der Waals surface area contributed by atoms with Gasteiger partial charge >= 0.3 is 5.97 Å². The summed E-state index contributed by atoms with van der Waals surface area (Å²) in [7, 11) is 1.40. The summed E-state index contributed by atoms with van der Waals surface area (Å²) in [6.07, 6.45) is 5.24. The zero-order chi connectivity index (χ0) is 22.1. The number of ether oxygens (including phenoxy) is 2. The fraction of sp³-hybridized carbons (Fsp3) is 0.708. The van der Waals surface area contributed by atoms with E-state index in [1.54, 1.807) is 19.9 Å². The van der Waals surface area contributed by atoms with Crippen LogP contribution in [0.1, 0.15) is 53.9 Å². The largest absolute Gasteiger partial charge is 0.504 e. The Kier molecular flexibility index (Phi) is 3.51. The lowest BCUT2D eigenvalue weighted by molar-refractivity contribution is -0.175. The lowest BCUT2D eigenvalue weighted by Crippen LogP contribution is -2.67. The average molecular weight is 414 g/mol. The molecular formula is C24H30O6. The molecule has 0 radical (unpaired) electrons. The normalized spacial score (nSPS) is 50.4. The van der Waals surface area contributed by atoms with Crippen molar-refractivity contribution in [3.8, 4) is 0 Å². The van der Waals surface area contributed by atoms with Crippen LogP contribution in [-0.4, -0.2) is 41.5 Å². The summed E-state index contributed by atoms with van der Waals surface area (Å²) in [6.45, 7) is 9.54. The third-order valence-electron chi connectivity index (χ3n) is 9.71. The quantitative estimate of drug-likeness (QED) is 0.523. The number of epoxide rings is 1. The first kappa shape index (κ1) is 20.0. The van der Waals surface area contributed by atoms with Gasteiger partial charge in [0.1, 0.15) is 5.60 Å². The lowest BCUT2D eigenvalue weighted by atomic mass is 9.39. The van der Waals surface area contributed by atoms with E-state index in [-0.39, 0.29) is 41.2 Å². The molecule has 1 spiro atoms. The van der Waals surface area contributed by atoms with E-state index in [1.807, 2.05) is 26.8 Å². The first-order valence-electron chi connectivity index (χ1n) is 10.8. The maximum absolute atomic E-state index is 13.9. The van der Waals surface area contributed by atoms with Gasteiger partial charge in [0.2, 0.25) is 5.78 Å². The van der Waals surface area contributed by atoms with E-state index in [9.17, 15) is 19.5 Å². The summed E-state index contributed by atoms with van der Waals surface area (Å²) in [5, 5.41) is 11.3. The first-order valence-corrected chi connectivity index (χ1v) is 10.8. The Balaban J connectivity index is 1.73. The highest BCUT2D eigenvalue weighted by atomic mass is 16.6. The predicted molar refractivity (Wildman–Crippen MR) is 107 cm³/mol. The highest BCUT2D eigenvalue weighted by molar-refractivity contribution is 6.06. The second-order valence-electron chi connectivity index (χ2n) is 11.0. The number of fused-ring (bicyclic) bond motifs is 3. The maximum Gasteiger partial charge on any atom is 0.309 e. The van der Waals surface area contributed by atoms with E-state index in [0.29, 0.717) is 18.4 Å². The molecule has 0 aromatic rings. The molecule has 4 aliphatic carbocycles. The van der Waals surface area contributed by atoms with Crippen LogP contribution in [0, 0.1) is 33.5 Å². The molecule has 30 heavy (non-hydrogen) atoms. The number of carbonyl (C=O) groups excluding carboxylic acids is 3. The SMILES string of the molecule is COC(=O)[C@@H]1C[C@H]2O[C@@]23[C@@]1(C)CC[C@@H]1[C@@]2(C)C=CC(=O)C(C)(C)C2=C(O)C(=O)[C@]13C. The molecule has 5 aliphatic rings. The van der Waals surface area contributed by atoms with Crippen LogP contribution in [0.2, 0.25) is 0 Å². The average Bonchev–Trinajstić information content (AvgIpc) is 3.35. The molecule has 3 fully saturated rings. The maximum atomic E-state index is 13.9. The van der Waals surface area contributed by atoms with E-state index < -0.39 is 27.3 Å². The molecule has 1 N–H and O–H groups in total. The minimum Gasteiger partial charge on any atom is -0.504 e. The van der Waals surface area contributed by atoms with Gasteiger partial charge in [0.05, 0.1) is 30.0 Å². The number of hydrogen-bond donors (Lipinski definition) is 1. The van der Waals surface area contributed by atoms with Crippen LogP contribution in [0.15, 0.2) is 23.5 Å². The Morgan fingerprint density at radius 2 is 1.87 bits per heavy atom. The summed E-state index contributed by atoms with van der Waals surface area (Å²) in [4.78, 5) is 39.1. The second-order valence-corrected chi connectivity index (χ2v) is 11.0. The molecule has 5 rings (SSSR count). The van der Waals surface area contributed by atoms with Crippen LogP contribution in [-0.2, 0) is 23.9 Å². The van der Waals surface area contributed by atoms with Crippen LogP contribution >= 0.6 is 0 Å². The van der Waals surface area contributed by atoms with Crippen molar-refractivity contribution in [1.82, 2.24) is 0 Å². The van der Waals surface area contributed by atoms with Crippen LogP contribution in [0.4, 0.5) is 0 Å². The number of aliphatic hydroxyl groups excluding tert-OH is 1. The van der Waals surface area contributed by atoms with Crippen LogP contribution in [0.25, 0.3) is 0 Å². The third-order valence-corrected chi connectivity index (χ3v) is 9.71. The number of hydrogen-bond acceptors (Lipinski definition) is 6. The summed E-state index contributed by atoms with van der Waals surface area (Å²) in [5.74, 6) is -1.48. The van der Waals surface area contributed by atoms with E-state index in [1.165, 1.54) is 7.11 Å². The van der Waals surface area contributed by atoms with Crippen LogP contribution in [0.3, 0.4) is 0 Å². The molecule has 2 saturated carbocycles. The molecule has 0 aromatic heterocycles. The van der Waals surface area contributed by atoms with E-state index in [4.69, 9.17) is 9.47 Å². The van der Waals surface area contributed by atoms with Gasteiger partial charge in [-0.2, -0.15) is 0 Å². The number of Topliss-reactive ketones (excluding diaryl/α,β-unsaturated/α-hetero) is 1. The Morgan fingerprint density at radius 1 is 1.20 bits per heavy atom. The van der Waals surface area contributed by atoms with Gasteiger partial charge in [0, 0.05) is 10.8 Å². The molecule has 0 unspecified atom stereocenters. The predicted octanol–water partition coefficient (Wildman–Crippen LogP) is 3.31. The first-order chi connectivity index (χ1) is 13.8. The molecule has 0 aromatic carbocycles. The topological polar surface area (TPSA) is 93.2 Å². The number of ketones is 2. The van der Waals surface area contributed by atoms with Crippen LogP contribution < -0.4 is 0 Å². The molecule has 1 saturated heterocycles. The van der Waals surface area contributed by atoms with Gasteiger partial charge in [-0.05, 0) is 57.6 Å². The molecule has 6 nitrogen and oxygen atoms in total. The minimum atomic E-state index is -0.990. The number of allylic oxidation sites excluding steroid dienone is 4. The Morgan fingerprint density at radius 3 is 2.50 bits per heavy atom. The molecule has 1 heterocycles. The molecule has 7 atom stereocenters. The van der Waals surface area contributed by atoms with E-state index in [0.717, 1.165) is 6.42 Å². The Hall–Kier alpha value is -1.95. The van der Waals surface area contributed by atoms with Gasteiger partial charge in [-0.15, -0.1) is 0 Å². The Labute approximate surface area is 176 Å². The van der Waals surface area contributed by atoms with Gasteiger partial charge in [-0.25, -0.2) is 0 Å². The molecule has 0 amide bonds. The third kappa shape index (κ3) is 1.74. The molecule has 6 heteroatoms. The van der Waals surface area contributed by atoms with Crippen molar-refractivity contribution < 1.29 is 29.0 Å². The van der Waals surface area contributed by atoms with E-state index >= 15 is 0 Å². The zero-order valence-corrected chi connectivity index (χ0v) is 18.5. The molecular weight excluding hydrogens is 384 g/mol. The van der Waals surface area contributed by atoms with Gasteiger partial charge in [-0.1, -0.05) is 19.9 Å². The molecule has 0 bridgehead atoms. The van der Waals surface area contributed by atoms with Gasteiger partial charge in [0.15, 0.2) is 11.5 Å². The fourth-order valence-electron chi connectivity index (χ4n) is 8.30. The number of methoxy groups -OCH3 is 1. The highest BCUT2D eigenvalue weighted by Gasteiger charge is 2.87. The summed E-state index contributed by atoms with van der Waals surface area (Å²) in [6, 6.07) is 0. The van der Waals surface area contributed by atoms with Crippen molar-refractivity contribution >= 4 is 17.5 Å². The van der Waals surface area contributed by atoms with Crippen molar-refractivity contribution in [2.75, 3.05) is 7.11 Å². The van der Waals surface area contributed by atoms with E-state index in [2.05, 4.69) is 0 Å². The van der Waals surface area contributed by atoms with Gasteiger partial charge in [-0.3, -0.25) is 14.4 Å². The minimum absolute atomic E-state index is 0.107. The number of rotatable bonds is 1. The van der Waals surface area contributed by atoms with Crippen molar-refractivity contribution in [3.63, 3.8) is 0 Å². The molecule has 1 aliphatic heterocycles. The summed E-state index contributed by atoms with van der Waals surface area (Å²) >= 11 is 0. The second kappa shape index (κ2) is 5.26. The van der Waals surface area contributed by atoms with Gasteiger partial charge in [0.25, 0.3) is 0 Å². The molecule has 162 valence electrons. The zero-order valence-electron chi connectivity index (χ0n) is 18.5. The standard InChI is InChI=1S/C24H30O6/c1-20(2)14(25)8-9-21(3)13-7-10-22(4)12(19(28)29-6)11-15-24(22,30-15)23(13,5)18(27)16(26)17(20)21/h8-9,12-13,15,26H,7,10-11H2,1-6H3/t12-,13+,15+,21+,22-,23-,24+/m0/s1. The highest BCUT2D eigenvalue weighted by Crippen LogP contribution is 2.80.